The van der Waals surface area contributed by atoms with Crippen LogP contribution in [0.25, 0.3) is 10.9 Å². The number of hydrogen-bond acceptors (Lipinski definition) is 5. The van der Waals surface area contributed by atoms with Crippen LogP contribution in [0.4, 0.5) is 14.5 Å². The molecule has 0 amide bonds. The van der Waals surface area contributed by atoms with E-state index in [1.54, 1.807) is 18.2 Å². The van der Waals surface area contributed by atoms with Crippen LogP contribution in [0, 0.1) is 12.8 Å². The lowest BCUT2D eigenvalue weighted by Gasteiger charge is -2.37. The summed E-state index contributed by atoms with van der Waals surface area (Å²) in [4.78, 5) is 9.36. The van der Waals surface area contributed by atoms with Crippen molar-refractivity contribution in [2.24, 2.45) is 5.92 Å². The lowest BCUT2D eigenvalue weighted by atomic mass is 10.1. The van der Waals surface area contributed by atoms with Gasteiger partial charge in [-0.15, -0.1) is 0 Å². The van der Waals surface area contributed by atoms with Gasteiger partial charge in [0.15, 0.2) is 0 Å². The molecule has 146 valence electrons. The predicted octanol–water partition coefficient (Wildman–Crippen LogP) is 3.30. The Labute approximate surface area is 157 Å². The summed E-state index contributed by atoms with van der Waals surface area (Å²) in [6.45, 7) is 5.79. The van der Waals surface area contributed by atoms with E-state index in [1.807, 2.05) is 13.0 Å². The third-order valence-electron chi connectivity index (χ3n) is 5.36. The van der Waals surface area contributed by atoms with Gasteiger partial charge in [0, 0.05) is 56.1 Å². The number of pyridine rings is 1. The number of aromatic nitrogens is 1. The molecule has 0 aliphatic carbocycles. The van der Waals surface area contributed by atoms with Gasteiger partial charge in [0.05, 0.1) is 12.1 Å². The van der Waals surface area contributed by atoms with E-state index in [1.165, 1.54) is 0 Å². The highest BCUT2D eigenvalue weighted by atomic mass is 19.3. The fourth-order valence-electron chi connectivity index (χ4n) is 4.02. The minimum atomic E-state index is -2.83. The molecule has 27 heavy (non-hydrogen) atoms. The Morgan fingerprint density at radius 3 is 2.74 bits per heavy atom. The van der Waals surface area contributed by atoms with Crippen molar-refractivity contribution < 1.29 is 18.3 Å². The molecule has 1 unspecified atom stereocenters. The fraction of sp³-hybridized carbons (Fsp3) is 0.550. The third kappa shape index (κ3) is 4.30. The molecule has 2 fully saturated rings. The van der Waals surface area contributed by atoms with Crippen molar-refractivity contribution in [3.63, 3.8) is 0 Å². The fourth-order valence-corrected chi connectivity index (χ4v) is 4.02. The second-order valence-corrected chi connectivity index (χ2v) is 7.36. The van der Waals surface area contributed by atoms with Gasteiger partial charge in [0.25, 0.3) is 0 Å². The number of anilines is 1. The summed E-state index contributed by atoms with van der Waals surface area (Å²) in [7, 11) is 0. The minimum absolute atomic E-state index is 0.171. The lowest BCUT2D eigenvalue weighted by Crippen LogP contribution is -2.48. The van der Waals surface area contributed by atoms with E-state index >= 15 is 0 Å². The molecule has 0 saturated carbocycles. The number of fused-ring (bicyclic) bond motifs is 1. The van der Waals surface area contributed by atoms with Crippen molar-refractivity contribution in [2.45, 2.75) is 20.0 Å². The van der Waals surface area contributed by atoms with E-state index in [4.69, 9.17) is 4.74 Å². The van der Waals surface area contributed by atoms with E-state index in [-0.39, 0.29) is 5.75 Å². The zero-order chi connectivity index (χ0) is 18.8. The average Bonchev–Trinajstić information content (AvgIpc) is 3.14. The molecule has 7 heteroatoms. The number of rotatable bonds is 5. The van der Waals surface area contributed by atoms with E-state index < -0.39 is 6.61 Å². The van der Waals surface area contributed by atoms with E-state index in [9.17, 15) is 8.78 Å². The van der Waals surface area contributed by atoms with Crippen LogP contribution in [0.1, 0.15) is 12.1 Å². The summed E-state index contributed by atoms with van der Waals surface area (Å²) in [5.41, 5.74) is 2.77. The third-order valence-corrected chi connectivity index (χ3v) is 5.36. The van der Waals surface area contributed by atoms with Gasteiger partial charge < -0.3 is 14.4 Å². The standard InChI is InChI=1S/C20H25F2N3O2/c1-14-10-19(17-11-16(27-20(21)22)2-3-18(17)23-14)25-7-5-24(6-8-25)12-15-4-9-26-13-15/h2-3,10-11,15,20H,4-9,12-13H2,1H3. The largest absolute Gasteiger partial charge is 0.435 e. The summed E-state index contributed by atoms with van der Waals surface area (Å²) < 4.78 is 35.2. The Hall–Kier alpha value is -1.99. The number of hydrogen-bond donors (Lipinski definition) is 0. The van der Waals surface area contributed by atoms with E-state index in [0.717, 1.165) is 74.6 Å². The van der Waals surface area contributed by atoms with Crippen molar-refractivity contribution in [3.05, 3.63) is 30.0 Å². The Balaban J connectivity index is 1.52. The van der Waals surface area contributed by atoms with Crippen LogP contribution in [-0.2, 0) is 4.74 Å². The number of piperazine rings is 1. The molecular formula is C20H25F2N3O2. The Morgan fingerprint density at radius 2 is 2.04 bits per heavy atom. The minimum Gasteiger partial charge on any atom is -0.435 e. The van der Waals surface area contributed by atoms with Crippen LogP contribution >= 0.6 is 0 Å². The van der Waals surface area contributed by atoms with Gasteiger partial charge in [-0.25, -0.2) is 0 Å². The number of ether oxygens (including phenoxy) is 2. The van der Waals surface area contributed by atoms with Crippen LogP contribution in [-0.4, -0.2) is 62.4 Å². The average molecular weight is 377 g/mol. The molecule has 1 aromatic carbocycles. The van der Waals surface area contributed by atoms with Crippen LogP contribution in [0.15, 0.2) is 24.3 Å². The van der Waals surface area contributed by atoms with Crippen molar-refractivity contribution in [1.29, 1.82) is 0 Å². The first kappa shape index (κ1) is 18.4. The van der Waals surface area contributed by atoms with Crippen LogP contribution in [0.2, 0.25) is 0 Å². The Morgan fingerprint density at radius 1 is 1.22 bits per heavy atom. The van der Waals surface area contributed by atoms with E-state index in [2.05, 4.69) is 19.5 Å². The quantitative estimate of drug-likeness (QED) is 0.799. The summed E-state index contributed by atoms with van der Waals surface area (Å²) >= 11 is 0. The molecule has 2 aliphatic rings. The monoisotopic (exact) mass is 377 g/mol. The maximum absolute atomic E-state index is 12.6. The highest BCUT2D eigenvalue weighted by Gasteiger charge is 2.24. The van der Waals surface area contributed by atoms with Gasteiger partial charge >= 0.3 is 6.61 Å². The molecule has 0 bridgehead atoms. The van der Waals surface area contributed by atoms with Crippen LogP contribution < -0.4 is 9.64 Å². The SMILES string of the molecule is Cc1cc(N2CCN(CC3CCOC3)CC2)c2cc(OC(F)F)ccc2n1. The number of benzene rings is 1. The number of aryl methyl sites for hydroxylation is 1. The summed E-state index contributed by atoms with van der Waals surface area (Å²) in [6.07, 6.45) is 1.15. The molecule has 0 N–H and O–H groups in total. The highest BCUT2D eigenvalue weighted by molar-refractivity contribution is 5.93. The molecule has 1 aromatic heterocycles. The molecule has 2 saturated heterocycles. The first-order valence-corrected chi connectivity index (χ1v) is 9.50. The Kier molecular flexibility index (Phi) is 5.41. The van der Waals surface area contributed by atoms with Crippen molar-refractivity contribution in [1.82, 2.24) is 9.88 Å². The maximum Gasteiger partial charge on any atom is 0.387 e. The molecule has 1 atom stereocenters. The number of halogens is 2. The van der Waals surface area contributed by atoms with Crippen LogP contribution in [0.3, 0.4) is 0 Å². The zero-order valence-corrected chi connectivity index (χ0v) is 15.5. The van der Waals surface area contributed by atoms with Gasteiger partial charge in [-0.05, 0) is 43.5 Å². The molecule has 3 heterocycles. The van der Waals surface area contributed by atoms with Crippen molar-refractivity contribution >= 4 is 16.6 Å². The molecule has 2 aromatic rings. The van der Waals surface area contributed by atoms with Crippen molar-refractivity contribution in [3.8, 4) is 5.75 Å². The summed E-state index contributed by atoms with van der Waals surface area (Å²) in [5, 5.41) is 0.858. The molecular weight excluding hydrogens is 352 g/mol. The van der Waals surface area contributed by atoms with Gasteiger partial charge in [0.2, 0.25) is 0 Å². The van der Waals surface area contributed by atoms with Crippen molar-refractivity contribution in [2.75, 3.05) is 50.8 Å². The summed E-state index contributed by atoms with van der Waals surface area (Å²) in [5.74, 6) is 0.818. The topological polar surface area (TPSA) is 37.8 Å². The molecule has 0 radical (unpaired) electrons. The second-order valence-electron chi connectivity index (χ2n) is 7.36. The molecule has 5 nitrogen and oxygen atoms in total. The van der Waals surface area contributed by atoms with Gasteiger partial charge in [-0.2, -0.15) is 8.78 Å². The normalized spacial score (nSPS) is 21.3. The van der Waals surface area contributed by atoms with Gasteiger partial charge in [0.1, 0.15) is 5.75 Å². The van der Waals surface area contributed by atoms with E-state index in [0.29, 0.717) is 5.92 Å². The zero-order valence-electron chi connectivity index (χ0n) is 15.5. The maximum atomic E-state index is 12.6. The molecule has 4 rings (SSSR count). The first-order valence-electron chi connectivity index (χ1n) is 9.50. The second kappa shape index (κ2) is 7.94. The number of alkyl halides is 2. The first-order chi connectivity index (χ1) is 13.1. The predicted molar refractivity (Wildman–Crippen MR) is 101 cm³/mol. The Bertz CT molecular complexity index is 788. The number of nitrogens with zero attached hydrogens (tertiary/aromatic N) is 3. The highest BCUT2D eigenvalue weighted by Crippen LogP contribution is 2.31. The summed E-state index contributed by atoms with van der Waals surface area (Å²) in [6, 6.07) is 7.01. The van der Waals surface area contributed by atoms with Crippen LogP contribution in [0.5, 0.6) is 5.75 Å². The lowest BCUT2D eigenvalue weighted by molar-refractivity contribution is -0.0497. The van der Waals surface area contributed by atoms with Gasteiger partial charge in [-0.1, -0.05) is 0 Å². The molecule has 0 spiro atoms. The molecule has 2 aliphatic heterocycles. The smallest absolute Gasteiger partial charge is 0.387 e. The van der Waals surface area contributed by atoms with Gasteiger partial charge in [-0.3, -0.25) is 9.88 Å².